The van der Waals surface area contributed by atoms with Gasteiger partial charge in [-0.3, -0.25) is 4.79 Å². The van der Waals surface area contributed by atoms with Gasteiger partial charge in [0, 0.05) is 13.1 Å². The summed E-state index contributed by atoms with van der Waals surface area (Å²) < 4.78 is 0. The smallest absolute Gasteiger partial charge is 0.226 e. The molecule has 0 radical (unpaired) electrons. The standard InChI is InChI=1S/C10H15NO/c1-3-9(2)8-10(12)11-6-4-5-7-11/h3H,1-2,4-8H2. The molecule has 0 atom stereocenters. The van der Waals surface area contributed by atoms with E-state index in [-0.39, 0.29) is 5.91 Å². The Labute approximate surface area is 73.6 Å². The van der Waals surface area contributed by atoms with E-state index in [1.165, 1.54) is 0 Å². The van der Waals surface area contributed by atoms with Crippen molar-refractivity contribution in [2.75, 3.05) is 13.1 Å². The molecule has 0 aromatic rings. The van der Waals surface area contributed by atoms with Gasteiger partial charge < -0.3 is 4.90 Å². The van der Waals surface area contributed by atoms with Gasteiger partial charge in [0.15, 0.2) is 0 Å². The number of carbonyl (C=O) groups excluding carboxylic acids is 1. The molecule has 1 saturated heterocycles. The molecule has 1 heterocycles. The Morgan fingerprint density at radius 2 is 2.00 bits per heavy atom. The van der Waals surface area contributed by atoms with Crippen LogP contribution in [-0.2, 0) is 4.79 Å². The Balaban J connectivity index is 2.36. The lowest BCUT2D eigenvalue weighted by atomic mass is 10.2. The first-order valence-corrected chi connectivity index (χ1v) is 4.32. The fraction of sp³-hybridized carbons (Fsp3) is 0.500. The van der Waals surface area contributed by atoms with Gasteiger partial charge in [-0.2, -0.15) is 0 Å². The zero-order valence-electron chi connectivity index (χ0n) is 7.38. The van der Waals surface area contributed by atoms with Gasteiger partial charge >= 0.3 is 0 Å². The molecule has 66 valence electrons. The molecule has 1 aliphatic rings. The average Bonchev–Trinajstić information content (AvgIpc) is 2.56. The molecule has 0 bridgehead atoms. The highest BCUT2D eigenvalue weighted by atomic mass is 16.2. The van der Waals surface area contributed by atoms with Crippen LogP contribution in [0, 0.1) is 0 Å². The summed E-state index contributed by atoms with van der Waals surface area (Å²) in [5, 5.41) is 0. The topological polar surface area (TPSA) is 20.3 Å². The molecule has 0 aromatic heterocycles. The SMILES string of the molecule is C=CC(=C)CC(=O)N1CCCC1. The second kappa shape index (κ2) is 4.10. The summed E-state index contributed by atoms with van der Waals surface area (Å²) in [6.45, 7) is 9.13. The van der Waals surface area contributed by atoms with Crippen LogP contribution in [0.3, 0.4) is 0 Å². The van der Waals surface area contributed by atoms with Crippen LogP contribution in [0.4, 0.5) is 0 Å². The molecule has 1 aliphatic heterocycles. The van der Waals surface area contributed by atoms with Gasteiger partial charge in [0.25, 0.3) is 0 Å². The maximum absolute atomic E-state index is 11.4. The monoisotopic (exact) mass is 165 g/mol. The number of carbonyl (C=O) groups is 1. The first-order chi connectivity index (χ1) is 5.74. The second-order valence-electron chi connectivity index (χ2n) is 3.13. The minimum Gasteiger partial charge on any atom is -0.342 e. The van der Waals surface area contributed by atoms with Crippen LogP contribution in [0.15, 0.2) is 24.8 Å². The number of nitrogens with zero attached hydrogens (tertiary/aromatic N) is 1. The average molecular weight is 165 g/mol. The number of hydrogen-bond donors (Lipinski definition) is 0. The number of hydrogen-bond acceptors (Lipinski definition) is 1. The molecule has 0 aromatic carbocycles. The van der Waals surface area contributed by atoms with Crippen LogP contribution in [0.5, 0.6) is 0 Å². The van der Waals surface area contributed by atoms with Gasteiger partial charge in [-0.1, -0.05) is 19.2 Å². The van der Waals surface area contributed by atoms with Crippen LogP contribution < -0.4 is 0 Å². The Morgan fingerprint density at radius 3 is 2.50 bits per heavy atom. The minimum atomic E-state index is 0.192. The number of allylic oxidation sites excluding steroid dienone is 1. The summed E-state index contributed by atoms with van der Waals surface area (Å²) in [6, 6.07) is 0. The third kappa shape index (κ3) is 2.22. The lowest BCUT2D eigenvalue weighted by molar-refractivity contribution is -0.129. The minimum absolute atomic E-state index is 0.192. The summed E-state index contributed by atoms with van der Waals surface area (Å²) in [7, 11) is 0. The van der Waals surface area contributed by atoms with E-state index < -0.39 is 0 Å². The zero-order chi connectivity index (χ0) is 8.97. The molecule has 0 saturated carbocycles. The molecule has 0 aliphatic carbocycles. The Morgan fingerprint density at radius 1 is 1.42 bits per heavy atom. The lowest BCUT2D eigenvalue weighted by Gasteiger charge is -2.14. The number of likely N-dealkylation sites (tertiary alicyclic amines) is 1. The van der Waals surface area contributed by atoms with Crippen LogP contribution in [0.1, 0.15) is 19.3 Å². The predicted octanol–water partition coefficient (Wildman–Crippen LogP) is 1.74. The fourth-order valence-corrected chi connectivity index (χ4v) is 1.34. The maximum atomic E-state index is 11.4. The molecule has 1 fully saturated rings. The summed E-state index contributed by atoms with van der Waals surface area (Å²) in [6.07, 6.45) is 4.37. The van der Waals surface area contributed by atoms with Gasteiger partial charge in [0.05, 0.1) is 6.42 Å². The summed E-state index contributed by atoms with van der Waals surface area (Å²) in [5.41, 5.74) is 0.812. The van der Waals surface area contributed by atoms with E-state index in [9.17, 15) is 4.79 Å². The molecule has 0 spiro atoms. The largest absolute Gasteiger partial charge is 0.342 e. The van der Waals surface area contributed by atoms with E-state index in [4.69, 9.17) is 0 Å². The van der Waals surface area contributed by atoms with Crippen LogP contribution in [-0.4, -0.2) is 23.9 Å². The molecule has 2 heteroatoms. The molecule has 1 amide bonds. The Hall–Kier alpha value is -1.05. The van der Waals surface area contributed by atoms with E-state index in [2.05, 4.69) is 13.2 Å². The van der Waals surface area contributed by atoms with Crippen LogP contribution in [0.25, 0.3) is 0 Å². The molecule has 0 N–H and O–H groups in total. The molecule has 1 rings (SSSR count). The number of rotatable bonds is 3. The fourth-order valence-electron chi connectivity index (χ4n) is 1.34. The van der Waals surface area contributed by atoms with Crippen molar-refractivity contribution in [3.8, 4) is 0 Å². The quantitative estimate of drug-likeness (QED) is 0.583. The first kappa shape index (κ1) is 9.04. The summed E-state index contributed by atoms with van der Waals surface area (Å²) >= 11 is 0. The van der Waals surface area contributed by atoms with Crippen LogP contribution >= 0.6 is 0 Å². The van der Waals surface area contributed by atoms with Gasteiger partial charge in [-0.05, 0) is 18.4 Å². The van der Waals surface area contributed by atoms with Crippen molar-refractivity contribution in [1.82, 2.24) is 4.90 Å². The van der Waals surface area contributed by atoms with Crippen molar-refractivity contribution in [3.05, 3.63) is 24.8 Å². The van der Waals surface area contributed by atoms with Gasteiger partial charge in [0.2, 0.25) is 5.91 Å². The highest BCUT2D eigenvalue weighted by molar-refractivity contribution is 5.79. The first-order valence-electron chi connectivity index (χ1n) is 4.32. The van der Waals surface area contributed by atoms with E-state index in [1.54, 1.807) is 6.08 Å². The van der Waals surface area contributed by atoms with E-state index in [1.807, 2.05) is 4.90 Å². The highest BCUT2D eigenvalue weighted by Crippen LogP contribution is 2.11. The summed E-state index contributed by atoms with van der Waals surface area (Å²) in [4.78, 5) is 13.3. The van der Waals surface area contributed by atoms with Crippen molar-refractivity contribution in [3.63, 3.8) is 0 Å². The predicted molar refractivity (Wildman–Crippen MR) is 49.8 cm³/mol. The van der Waals surface area contributed by atoms with Crippen molar-refractivity contribution in [1.29, 1.82) is 0 Å². The van der Waals surface area contributed by atoms with E-state index >= 15 is 0 Å². The van der Waals surface area contributed by atoms with Crippen molar-refractivity contribution in [2.24, 2.45) is 0 Å². The van der Waals surface area contributed by atoms with Crippen molar-refractivity contribution in [2.45, 2.75) is 19.3 Å². The lowest BCUT2D eigenvalue weighted by Crippen LogP contribution is -2.27. The van der Waals surface area contributed by atoms with Crippen LogP contribution in [0.2, 0.25) is 0 Å². The van der Waals surface area contributed by atoms with E-state index in [0.29, 0.717) is 6.42 Å². The van der Waals surface area contributed by atoms with Gasteiger partial charge in [-0.25, -0.2) is 0 Å². The maximum Gasteiger partial charge on any atom is 0.226 e. The zero-order valence-corrected chi connectivity index (χ0v) is 7.38. The summed E-state index contributed by atoms with van der Waals surface area (Å²) in [5.74, 6) is 0.192. The van der Waals surface area contributed by atoms with Gasteiger partial charge in [0.1, 0.15) is 0 Å². The van der Waals surface area contributed by atoms with Crippen molar-refractivity contribution < 1.29 is 4.79 Å². The van der Waals surface area contributed by atoms with Crippen molar-refractivity contribution >= 4 is 5.91 Å². The molecule has 0 unspecified atom stereocenters. The second-order valence-corrected chi connectivity index (χ2v) is 3.13. The normalized spacial score (nSPS) is 16.2. The van der Waals surface area contributed by atoms with E-state index in [0.717, 1.165) is 31.5 Å². The highest BCUT2D eigenvalue weighted by Gasteiger charge is 2.17. The Bertz CT molecular complexity index is 202. The third-order valence-electron chi connectivity index (χ3n) is 2.13. The molecular weight excluding hydrogens is 150 g/mol. The molecular formula is C10H15NO. The Kier molecular flexibility index (Phi) is 3.09. The molecule has 12 heavy (non-hydrogen) atoms. The van der Waals surface area contributed by atoms with Gasteiger partial charge in [-0.15, -0.1) is 0 Å². The number of amides is 1. The third-order valence-corrected chi connectivity index (χ3v) is 2.13. The molecule has 2 nitrogen and oxygen atoms in total.